The van der Waals surface area contributed by atoms with E-state index >= 15 is 0 Å². The molecule has 0 radical (unpaired) electrons. The summed E-state index contributed by atoms with van der Waals surface area (Å²) in [6, 6.07) is 14.3. The second-order valence-corrected chi connectivity index (χ2v) is 5.09. The molecular weight excluding hydrogens is 265 g/mol. The van der Waals surface area contributed by atoms with Gasteiger partial charge in [-0.1, -0.05) is 37.6 Å². The highest BCUT2D eigenvalue weighted by Crippen LogP contribution is 2.29. The van der Waals surface area contributed by atoms with E-state index in [-0.39, 0.29) is 17.6 Å². The fourth-order valence-corrected chi connectivity index (χ4v) is 2.52. The summed E-state index contributed by atoms with van der Waals surface area (Å²) in [6.45, 7) is 2.13. The molecule has 0 saturated carbocycles. The molecule has 21 heavy (non-hydrogen) atoms. The van der Waals surface area contributed by atoms with E-state index in [1.165, 1.54) is 12.1 Å². The third-order valence-corrected chi connectivity index (χ3v) is 3.65. The maximum atomic E-state index is 13.1. The molecule has 0 heterocycles. The average Bonchev–Trinajstić information content (AvgIpc) is 2.53. The van der Waals surface area contributed by atoms with E-state index in [1.54, 1.807) is 7.05 Å². The van der Waals surface area contributed by atoms with Crippen LogP contribution < -0.4 is 5.32 Å². The van der Waals surface area contributed by atoms with Gasteiger partial charge in [0.2, 0.25) is 0 Å². The molecule has 0 aliphatic rings. The zero-order valence-corrected chi connectivity index (χ0v) is 12.4. The molecule has 0 bridgehead atoms. The van der Waals surface area contributed by atoms with Gasteiger partial charge in [0.15, 0.2) is 0 Å². The first-order chi connectivity index (χ1) is 10.2. The first-order valence-electron chi connectivity index (χ1n) is 7.23. The van der Waals surface area contributed by atoms with Crippen molar-refractivity contribution in [3.63, 3.8) is 0 Å². The zero-order chi connectivity index (χ0) is 15.2. The van der Waals surface area contributed by atoms with E-state index in [4.69, 9.17) is 0 Å². The number of rotatable bonds is 5. The molecule has 0 fully saturated rings. The minimum absolute atomic E-state index is 0.0876. The van der Waals surface area contributed by atoms with E-state index < -0.39 is 0 Å². The molecule has 0 aliphatic carbocycles. The number of benzene rings is 2. The van der Waals surface area contributed by atoms with Gasteiger partial charge in [0.25, 0.3) is 5.91 Å². The van der Waals surface area contributed by atoms with Crippen LogP contribution in [0.2, 0.25) is 0 Å². The van der Waals surface area contributed by atoms with Crippen molar-refractivity contribution < 1.29 is 9.18 Å². The van der Waals surface area contributed by atoms with Crippen LogP contribution in [0.3, 0.4) is 0 Å². The lowest BCUT2D eigenvalue weighted by Crippen LogP contribution is -2.17. The van der Waals surface area contributed by atoms with Crippen molar-refractivity contribution in [3.05, 3.63) is 71.0 Å². The van der Waals surface area contributed by atoms with Crippen molar-refractivity contribution in [3.8, 4) is 0 Å². The van der Waals surface area contributed by atoms with Crippen LogP contribution in [0.1, 0.15) is 47.2 Å². The van der Waals surface area contributed by atoms with Crippen molar-refractivity contribution in [2.45, 2.75) is 25.7 Å². The standard InChI is InChI=1S/C18H20FNO/c1-3-4-17(14-9-11-16(19)12-10-14)13-5-7-15(8-6-13)18(21)20-2/h5-12,17H,3-4H2,1-2H3,(H,20,21). The third kappa shape index (κ3) is 3.69. The van der Waals surface area contributed by atoms with Gasteiger partial charge >= 0.3 is 0 Å². The number of halogens is 1. The predicted octanol–water partition coefficient (Wildman–Crippen LogP) is 4.12. The Hall–Kier alpha value is -2.16. The average molecular weight is 285 g/mol. The second-order valence-electron chi connectivity index (χ2n) is 5.09. The Morgan fingerprint density at radius 1 is 1.05 bits per heavy atom. The van der Waals surface area contributed by atoms with Crippen molar-refractivity contribution in [2.24, 2.45) is 0 Å². The van der Waals surface area contributed by atoms with Gasteiger partial charge in [0.05, 0.1) is 0 Å². The molecule has 2 aromatic rings. The summed E-state index contributed by atoms with van der Waals surface area (Å²) in [5.74, 6) is -0.0753. The Morgan fingerprint density at radius 3 is 2.05 bits per heavy atom. The molecule has 1 atom stereocenters. The Kier molecular flexibility index (Phi) is 5.09. The number of carbonyl (C=O) groups is 1. The number of amides is 1. The van der Waals surface area contributed by atoms with Crippen molar-refractivity contribution >= 4 is 5.91 Å². The van der Waals surface area contributed by atoms with E-state index in [0.717, 1.165) is 24.0 Å². The van der Waals surface area contributed by atoms with Crippen LogP contribution in [0.25, 0.3) is 0 Å². The van der Waals surface area contributed by atoms with Gasteiger partial charge < -0.3 is 5.32 Å². The molecule has 1 amide bonds. The molecule has 3 heteroatoms. The van der Waals surface area contributed by atoms with Gasteiger partial charge in [-0.2, -0.15) is 0 Å². The molecule has 0 aliphatic heterocycles. The lowest BCUT2D eigenvalue weighted by atomic mass is 9.87. The fourth-order valence-electron chi connectivity index (χ4n) is 2.52. The fraction of sp³-hybridized carbons (Fsp3) is 0.278. The molecule has 2 aromatic carbocycles. The molecule has 0 aromatic heterocycles. The summed E-state index contributed by atoms with van der Waals surface area (Å²) in [4.78, 5) is 11.6. The lowest BCUT2D eigenvalue weighted by Gasteiger charge is -2.17. The second kappa shape index (κ2) is 7.02. The Bertz CT molecular complexity index is 590. The summed E-state index contributed by atoms with van der Waals surface area (Å²) in [5, 5.41) is 2.61. The first kappa shape index (κ1) is 15.2. The lowest BCUT2D eigenvalue weighted by molar-refractivity contribution is 0.0963. The number of hydrogen-bond donors (Lipinski definition) is 1. The van der Waals surface area contributed by atoms with Crippen LogP contribution in [0, 0.1) is 5.82 Å². The first-order valence-corrected chi connectivity index (χ1v) is 7.23. The van der Waals surface area contributed by atoms with Gasteiger partial charge in [-0.05, 0) is 41.8 Å². The quantitative estimate of drug-likeness (QED) is 0.879. The molecule has 0 spiro atoms. The molecule has 1 unspecified atom stereocenters. The van der Waals surface area contributed by atoms with Crippen LogP contribution in [0.15, 0.2) is 48.5 Å². The van der Waals surface area contributed by atoms with Gasteiger partial charge in [0.1, 0.15) is 5.82 Å². The summed E-state index contributed by atoms with van der Waals surface area (Å²) in [7, 11) is 1.62. The number of carbonyl (C=O) groups excluding carboxylic acids is 1. The topological polar surface area (TPSA) is 29.1 Å². The van der Waals surface area contributed by atoms with Crippen LogP contribution in [-0.2, 0) is 0 Å². The van der Waals surface area contributed by atoms with Gasteiger partial charge in [-0.3, -0.25) is 4.79 Å². The van der Waals surface area contributed by atoms with E-state index in [0.29, 0.717) is 5.56 Å². The Balaban J connectivity index is 2.29. The maximum Gasteiger partial charge on any atom is 0.251 e. The predicted molar refractivity (Wildman–Crippen MR) is 83.0 cm³/mol. The highest BCUT2D eigenvalue weighted by molar-refractivity contribution is 5.93. The van der Waals surface area contributed by atoms with Crippen LogP contribution in [0.5, 0.6) is 0 Å². The maximum absolute atomic E-state index is 13.1. The largest absolute Gasteiger partial charge is 0.355 e. The van der Waals surface area contributed by atoms with Gasteiger partial charge in [-0.15, -0.1) is 0 Å². The van der Waals surface area contributed by atoms with Crippen LogP contribution >= 0.6 is 0 Å². The van der Waals surface area contributed by atoms with Crippen molar-refractivity contribution in [1.82, 2.24) is 5.32 Å². The van der Waals surface area contributed by atoms with Crippen molar-refractivity contribution in [2.75, 3.05) is 7.05 Å². The molecule has 0 saturated heterocycles. The smallest absolute Gasteiger partial charge is 0.251 e. The third-order valence-electron chi connectivity index (χ3n) is 3.65. The summed E-state index contributed by atoms with van der Waals surface area (Å²) >= 11 is 0. The number of nitrogens with one attached hydrogen (secondary N) is 1. The van der Waals surface area contributed by atoms with E-state index in [1.807, 2.05) is 36.4 Å². The minimum atomic E-state index is -0.219. The molecule has 2 nitrogen and oxygen atoms in total. The zero-order valence-electron chi connectivity index (χ0n) is 12.4. The highest BCUT2D eigenvalue weighted by atomic mass is 19.1. The molecule has 1 N–H and O–H groups in total. The Morgan fingerprint density at radius 2 is 1.57 bits per heavy atom. The van der Waals surface area contributed by atoms with Gasteiger partial charge in [-0.25, -0.2) is 4.39 Å². The molecule has 2 rings (SSSR count). The Labute approximate surface area is 125 Å². The van der Waals surface area contributed by atoms with E-state index in [9.17, 15) is 9.18 Å². The van der Waals surface area contributed by atoms with Gasteiger partial charge in [0, 0.05) is 18.5 Å². The molecular formula is C18H20FNO. The summed E-state index contributed by atoms with van der Waals surface area (Å²) < 4.78 is 13.1. The highest BCUT2D eigenvalue weighted by Gasteiger charge is 2.14. The SMILES string of the molecule is CCCC(c1ccc(F)cc1)c1ccc(C(=O)NC)cc1. The monoisotopic (exact) mass is 285 g/mol. The normalized spacial score (nSPS) is 12.0. The minimum Gasteiger partial charge on any atom is -0.355 e. The van der Waals surface area contributed by atoms with Crippen LogP contribution in [0.4, 0.5) is 4.39 Å². The van der Waals surface area contributed by atoms with Crippen molar-refractivity contribution in [1.29, 1.82) is 0 Å². The summed E-state index contributed by atoms with van der Waals surface area (Å²) in [5.41, 5.74) is 2.90. The van der Waals surface area contributed by atoms with Crippen LogP contribution in [-0.4, -0.2) is 13.0 Å². The summed E-state index contributed by atoms with van der Waals surface area (Å²) in [6.07, 6.45) is 2.03. The van der Waals surface area contributed by atoms with E-state index in [2.05, 4.69) is 12.2 Å². The number of hydrogen-bond acceptors (Lipinski definition) is 1. The molecule has 110 valence electrons.